The third kappa shape index (κ3) is 3.92. The van der Waals surface area contributed by atoms with Gasteiger partial charge in [-0.3, -0.25) is 0 Å². The van der Waals surface area contributed by atoms with Crippen LogP contribution in [0, 0.1) is 0 Å². The number of rotatable bonds is 4. The Morgan fingerprint density at radius 2 is 1.09 bits per heavy atom. The van der Waals surface area contributed by atoms with E-state index in [1.54, 1.807) is 0 Å². The van der Waals surface area contributed by atoms with Gasteiger partial charge in [-0.1, -0.05) is 0 Å². The van der Waals surface area contributed by atoms with Crippen LogP contribution in [0.1, 0.15) is 12.8 Å². The van der Waals surface area contributed by atoms with E-state index in [-0.39, 0.29) is 35.1 Å². The lowest BCUT2D eigenvalue weighted by Crippen LogP contribution is -2.21. The normalized spacial score (nSPS) is 29.3. The summed E-state index contributed by atoms with van der Waals surface area (Å²) in [6, 6.07) is 7.49. The molecule has 6 nitrogen and oxygen atoms in total. The van der Waals surface area contributed by atoms with Crippen molar-refractivity contribution in [3.8, 4) is 0 Å². The van der Waals surface area contributed by atoms with Crippen molar-refractivity contribution in [3.63, 3.8) is 0 Å². The van der Waals surface area contributed by atoms with Crippen molar-refractivity contribution in [1.82, 2.24) is 0 Å². The van der Waals surface area contributed by atoms with Gasteiger partial charge in [0, 0.05) is 23.5 Å². The highest BCUT2D eigenvalue weighted by Crippen LogP contribution is 2.21. The van der Waals surface area contributed by atoms with Gasteiger partial charge in [-0.05, 0) is 37.1 Å². The Morgan fingerprint density at radius 3 is 1.36 bits per heavy atom. The van der Waals surface area contributed by atoms with Crippen molar-refractivity contribution in [2.75, 3.05) is 33.6 Å². The second-order valence-corrected chi connectivity index (χ2v) is 10.5. The highest BCUT2D eigenvalue weighted by atomic mass is 32.2. The lowest BCUT2D eigenvalue weighted by atomic mass is 10.2. The Hall–Kier alpha value is -1.28. The molecule has 2 aliphatic heterocycles. The van der Waals surface area contributed by atoms with E-state index in [0.717, 1.165) is 11.4 Å². The van der Waals surface area contributed by atoms with Crippen LogP contribution in [0.5, 0.6) is 0 Å². The molecule has 2 aliphatic rings. The van der Waals surface area contributed by atoms with Crippen LogP contribution in [-0.2, 0) is 19.7 Å². The minimum atomic E-state index is -2.88. The SMILES string of the molecule is O=S1(=O)CCC(Nc2ccc(NC3CCS(=O)(=O)C3)cc2)C1. The van der Waals surface area contributed by atoms with Crippen LogP contribution in [0.3, 0.4) is 0 Å². The van der Waals surface area contributed by atoms with Crippen LogP contribution in [0.2, 0.25) is 0 Å². The fourth-order valence-electron chi connectivity index (χ4n) is 2.95. The number of anilines is 2. The highest BCUT2D eigenvalue weighted by molar-refractivity contribution is 7.91. The first kappa shape index (κ1) is 15.6. The van der Waals surface area contributed by atoms with Gasteiger partial charge in [0.1, 0.15) is 0 Å². The fraction of sp³-hybridized carbons (Fsp3) is 0.571. The molecule has 0 aromatic heterocycles. The van der Waals surface area contributed by atoms with Gasteiger partial charge in [-0.2, -0.15) is 0 Å². The molecule has 3 rings (SSSR count). The van der Waals surface area contributed by atoms with Crippen LogP contribution in [-0.4, -0.2) is 51.9 Å². The maximum Gasteiger partial charge on any atom is 0.152 e. The van der Waals surface area contributed by atoms with Crippen molar-refractivity contribution >= 4 is 31.0 Å². The first-order valence-corrected chi connectivity index (χ1v) is 11.0. The molecule has 8 heteroatoms. The Bertz CT molecular complexity index is 677. The predicted octanol–water partition coefficient (Wildman–Crippen LogP) is 0.885. The molecule has 2 saturated heterocycles. The lowest BCUT2D eigenvalue weighted by Gasteiger charge is -2.15. The zero-order valence-electron chi connectivity index (χ0n) is 12.2. The van der Waals surface area contributed by atoms with Crippen LogP contribution in [0.4, 0.5) is 11.4 Å². The van der Waals surface area contributed by atoms with Gasteiger partial charge in [-0.15, -0.1) is 0 Å². The van der Waals surface area contributed by atoms with Crippen molar-refractivity contribution in [2.45, 2.75) is 24.9 Å². The molecular formula is C14H20N2O4S2. The summed E-state index contributed by atoms with van der Waals surface area (Å²) in [5, 5.41) is 6.46. The Balaban J connectivity index is 1.57. The van der Waals surface area contributed by atoms with Crippen LogP contribution in [0.15, 0.2) is 24.3 Å². The monoisotopic (exact) mass is 344 g/mol. The first-order chi connectivity index (χ1) is 10.3. The third-order valence-electron chi connectivity index (χ3n) is 4.09. The summed E-state index contributed by atoms with van der Waals surface area (Å²) in [5.41, 5.74) is 1.76. The first-order valence-electron chi connectivity index (χ1n) is 7.35. The summed E-state index contributed by atoms with van der Waals surface area (Å²) < 4.78 is 45.7. The van der Waals surface area contributed by atoms with E-state index in [2.05, 4.69) is 10.6 Å². The number of hydrogen-bond acceptors (Lipinski definition) is 6. The maximum atomic E-state index is 11.4. The average molecular weight is 344 g/mol. The van der Waals surface area contributed by atoms with Crippen molar-refractivity contribution < 1.29 is 16.8 Å². The van der Waals surface area contributed by atoms with Crippen LogP contribution < -0.4 is 10.6 Å². The topological polar surface area (TPSA) is 92.3 Å². The quantitative estimate of drug-likeness (QED) is 0.842. The Labute approximate surface area is 131 Å². The molecule has 2 N–H and O–H groups in total. The van der Waals surface area contributed by atoms with E-state index in [1.807, 2.05) is 24.3 Å². The van der Waals surface area contributed by atoms with Crippen molar-refractivity contribution in [1.29, 1.82) is 0 Å². The molecule has 2 fully saturated rings. The van der Waals surface area contributed by atoms with E-state index in [4.69, 9.17) is 0 Å². The molecule has 122 valence electrons. The van der Waals surface area contributed by atoms with Crippen LogP contribution >= 0.6 is 0 Å². The standard InChI is InChI=1S/C14H20N2O4S2/c17-21(18)7-5-13(9-21)15-11-1-2-12(4-3-11)16-14-6-8-22(19,20)10-14/h1-4,13-16H,5-10H2. The molecular weight excluding hydrogens is 324 g/mol. The number of hydrogen-bond donors (Lipinski definition) is 2. The second-order valence-electron chi connectivity index (χ2n) is 6.07. The summed E-state index contributed by atoms with van der Waals surface area (Å²) in [4.78, 5) is 0. The molecule has 0 spiro atoms. The molecule has 0 bridgehead atoms. The van der Waals surface area contributed by atoms with E-state index in [0.29, 0.717) is 12.8 Å². The van der Waals surface area contributed by atoms with E-state index in [1.165, 1.54) is 0 Å². The Morgan fingerprint density at radius 1 is 0.727 bits per heavy atom. The van der Waals surface area contributed by atoms with Gasteiger partial charge in [0.15, 0.2) is 19.7 Å². The lowest BCUT2D eigenvalue weighted by molar-refractivity contribution is 0.600. The van der Waals surface area contributed by atoms with Gasteiger partial charge >= 0.3 is 0 Å². The summed E-state index contributed by atoms with van der Waals surface area (Å²) in [6.07, 6.45) is 1.28. The molecule has 2 heterocycles. The molecule has 2 atom stereocenters. The van der Waals surface area contributed by atoms with E-state index >= 15 is 0 Å². The molecule has 0 saturated carbocycles. The minimum absolute atomic E-state index is 0.0243. The fourth-order valence-corrected chi connectivity index (χ4v) is 6.30. The average Bonchev–Trinajstić information content (AvgIpc) is 2.94. The molecule has 2 unspecified atom stereocenters. The minimum Gasteiger partial charge on any atom is -0.381 e. The molecule has 0 amide bonds. The zero-order chi connectivity index (χ0) is 15.8. The molecule has 1 aromatic carbocycles. The third-order valence-corrected chi connectivity index (χ3v) is 7.63. The summed E-state index contributed by atoms with van der Waals surface area (Å²) in [7, 11) is -5.76. The number of nitrogens with one attached hydrogen (secondary N) is 2. The maximum absolute atomic E-state index is 11.4. The number of sulfone groups is 2. The molecule has 22 heavy (non-hydrogen) atoms. The smallest absolute Gasteiger partial charge is 0.152 e. The van der Waals surface area contributed by atoms with Gasteiger partial charge in [0.2, 0.25) is 0 Å². The van der Waals surface area contributed by atoms with Gasteiger partial charge in [-0.25, -0.2) is 16.8 Å². The summed E-state index contributed by atoms with van der Waals surface area (Å²) in [5.74, 6) is 0.876. The zero-order valence-corrected chi connectivity index (χ0v) is 13.8. The Kier molecular flexibility index (Phi) is 4.07. The predicted molar refractivity (Wildman–Crippen MR) is 87.8 cm³/mol. The molecule has 0 radical (unpaired) electrons. The van der Waals surface area contributed by atoms with Gasteiger partial charge < -0.3 is 10.6 Å². The highest BCUT2D eigenvalue weighted by Gasteiger charge is 2.28. The van der Waals surface area contributed by atoms with Gasteiger partial charge in [0.25, 0.3) is 0 Å². The van der Waals surface area contributed by atoms with Crippen molar-refractivity contribution in [2.24, 2.45) is 0 Å². The second kappa shape index (κ2) is 5.73. The van der Waals surface area contributed by atoms with E-state index in [9.17, 15) is 16.8 Å². The van der Waals surface area contributed by atoms with E-state index < -0.39 is 19.7 Å². The largest absolute Gasteiger partial charge is 0.381 e. The van der Waals surface area contributed by atoms with Gasteiger partial charge in [0.05, 0.1) is 23.0 Å². The van der Waals surface area contributed by atoms with Crippen LogP contribution in [0.25, 0.3) is 0 Å². The molecule has 0 aliphatic carbocycles. The van der Waals surface area contributed by atoms with Crippen molar-refractivity contribution in [3.05, 3.63) is 24.3 Å². The summed E-state index contributed by atoms with van der Waals surface area (Å²) >= 11 is 0. The number of benzene rings is 1. The molecule has 1 aromatic rings. The summed E-state index contributed by atoms with van der Waals surface area (Å²) in [6.45, 7) is 0.